The number of aliphatic imine (C=N–C) groups is 1. The average Bonchev–Trinajstić information content (AvgIpc) is 3.64. The summed E-state index contributed by atoms with van der Waals surface area (Å²) in [5, 5.41) is 7.46. The van der Waals surface area contributed by atoms with E-state index in [1.165, 1.54) is 44.5 Å². The number of benzene rings is 8. The summed E-state index contributed by atoms with van der Waals surface area (Å²) in [5.41, 5.74) is 16.0. The minimum Gasteiger partial charge on any atom is -0.350 e. The summed E-state index contributed by atoms with van der Waals surface area (Å²) < 4.78 is 2.25. The smallest absolute Gasteiger partial charge is 0.131 e. The molecule has 278 valence electrons. The molecule has 1 aliphatic heterocycles. The molecule has 2 atom stereocenters. The largest absolute Gasteiger partial charge is 0.350 e. The second kappa shape index (κ2) is 15.3. The number of aromatic nitrogens is 2. The van der Waals surface area contributed by atoms with Crippen LogP contribution in [0.1, 0.15) is 34.8 Å². The molecule has 0 bridgehead atoms. The zero-order chi connectivity index (χ0) is 38.8. The van der Waals surface area contributed by atoms with Crippen LogP contribution in [-0.2, 0) is 0 Å². The van der Waals surface area contributed by atoms with Crippen LogP contribution in [0.5, 0.6) is 0 Å². The molecule has 58 heavy (non-hydrogen) atoms. The maximum absolute atomic E-state index is 5.17. The lowest BCUT2D eigenvalue weighted by molar-refractivity contribution is 0.409. The van der Waals surface area contributed by atoms with Gasteiger partial charge in [0, 0.05) is 11.3 Å². The highest BCUT2D eigenvalue weighted by molar-refractivity contribution is 5.99. The Labute approximate surface area is 339 Å². The summed E-state index contributed by atoms with van der Waals surface area (Å²) in [7, 11) is 0. The fraction of sp³-hybridized carbons (Fsp3) is 0.0566. The van der Waals surface area contributed by atoms with Gasteiger partial charge in [-0.1, -0.05) is 176 Å². The first-order valence-corrected chi connectivity index (χ1v) is 19.8. The highest BCUT2D eigenvalue weighted by Crippen LogP contribution is 2.32. The molecule has 0 saturated heterocycles. The van der Waals surface area contributed by atoms with Crippen LogP contribution in [0.2, 0.25) is 0 Å². The van der Waals surface area contributed by atoms with E-state index in [1.54, 1.807) is 0 Å². The third-order valence-electron chi connectivity index (χ3n) is 11.1. The number of imidazole rings is 1. The lowest BCUT2D eigenvalue weighted by Gasteiger charge is -2.32. The van der Waals surface area contributed by atoms with Crippen molar-refractivity contribution in [2.45, 2.75) is 19.3 Å². The molecule has 8 aromatic carbocycles. The van der Waals surface area contributed by atoms with Gasteiger partial charge in [-0.2, -0.15) is 0 Å². The van der Waals surface area contributed by atoms with Crippen LogP contribution >= 0.6 is 0 Å². The third-order valence-corrected chi connectivity index (χ3v) is 11.1. The Morgan fingerprint density at radius 3 is 1.52 bits per heavy atom. The standard InChI is InChI=1S/C53H41N5/c1-36-54-49-33-30-46(38-14-7-3-8-15-38)35-50(49)58(36)48-31-28-42(29-32-48)40-22-20-39(21-23-40)41-24-26-44(27-25-41)52-55-51(43-16-9-4-10-17-43)56-53(57-52)47-19-11-18-45(34-47)37-12-5-2-6-13-37/h2-35,52-53,57H,1H3,(H,55,56). The molecule has 2 heterocycles. The van der Waals surface area contributed by atoms with Crippen molar-refractivity contribution in [1.29, 1.82) is 0 Å². The fourth-order valence-corrected chi connectivity index (χ4v) is 8.02. The summed E-state index contributed by atoms with van der Waals surface area (Å²) in [6.45, 7) is 2.07. The highest BCUT2D eigenvalue weighted by Gasteiger charge is 2.25. The van der Waals surface area contributed by atoms with E-state index < -0.39 is 0 Å². The van der Waals surface area contributed by atoms with Crippen molar-refractivity contribution in [3.8, 4) is 50.2 Å². The molecule has 0 spiro atoms. The van der Waals surface area contributed by atoms with Crippen molar-refractivity contribution in [3.05, 3.63) is 229 Å². The van der Waals surface area contributed by atoms with Gasteiger partial charge in [0.25, 0.3) is 0 Å². The van der Waals surface area contributed by atoms with Gasteiger partial charge in [-0.05, 0) is 92.9 Å². The molecule has 10 rings (SSSR count). The van der Waals surface area contributed by atoms with Crippen molar-refractivity contribution in [2.75, 3.05) is 0 Å². The van der Waals surface area contributed by atoms with Gasteiger partial charge >= 0.3 is 0 Å². The van der Waals surface area contributed by atoms with E-state index in [1.807, 2.05) is 6.07 Å². The summed E-state index contributed by atoms with van der Waals surface area (Å²) in [6, 6.07) is 73.1. The summed E-state index contributed by atoms with van der Waals surface area (Å²) in [6.07, 6.45) is -0.352. The third kappa shape index (κ3) is 7.00. The Kier molecular flexibility index (Phi) is 9.26. The number of amidine groups is 1. The lowest BCUT2D eigenvalue weighted by atomic mass is 9.98. The van der Waals surface area contributed by atoms with E-state index in [9.17, 15) is 0 Å². The van der Waals surface area contributed by atoms with Gasteiger partial charge in [-0.3, -0.25) is 9.88 Å². The Bertz CT molecular complexity index is 2860. The van der Waals surface area contributed by atoms with Crippen molar-refractivity contribution in [3.63, 3.8) is 0 Å². The molecule has 2 unspecified atom stereocenters. The molecule has 0 aliphatic carbocycles. The van der Waals surface area contributed by atoms with Crippen LogP contribution in [0.3, 0.4) is 0 Å². The van der Waals surface area contributed by atoms with Gasteiger partial charge in [-0.25, -0.2) is 9.98 Å². The topological polar surface area (TPSA) is 54.2 Å². The van der Waals surface area contributed by atoms with Gasteiger partial charge in [0.1, 0.15) is 24.0 Å². The number of hydrogen-bond acceptors (Lipinski definition) is 4. The normalized spacial score (nSPS) is 15.2. The zero-order valence-corrected chi connectivity index (χ0v) is 32.1. The molecule has 0 amide bonds. The lowest BCUT2D eigenvalue weighted by Crippen LogP contribution is -2.44. The monoisotopic (exact) mass is 747 g/mol. The molecule has 5 heteroatoms. The predicted octanol–water partition coefficient (Wildman–Crippen LogP) is 12.3. The van der Waals surface area contributed by atoms with E-state index >= 15 is 0 Å². The van der Waals surface area contributed by atoms with E-state index in [0.29, 0.717) is 0 Å². The zero-order valence-electron chi connectivity index (χ0n) is 32.1. The number of fused-ring (bicyclic) bond motifs is 1. The van der Waals surface area contributed by atoms with Crippen LogP contribution < -0.4 is 10.6 Å². The van der Waals surface area contributed by atoms with E-state index in [0.717, 1.165) is 45.1 Å². The minimum absolute atomic E-state index is 0.132. The maximum Gasteiger partial charge on any atom is 0.131 e. The van der Waals surface area contributed by atoms with Crippen LogP contribution in [0, 0.1) is 6.92 Å². The SMILES string of the molecule is Cc1nc2ccc(-c3ccccc3)cc2n1-c1ccc(-c2ccc(-c3ccc(C4NC(c5ccccc5)=NC(c5cccc(-c6ccccc6)c5)N4)cc3)cc2)cc1. The quantitative estimate of drug-likeness (QED) is 0.163. The average molecular weight is 748 g/mol. The summed E-state index contributed by atoms with van der Waals surface area (Å²) >= 11 is 0. The number of hydrogen-bond donors (Lipinski definition) is 2. The van der Waals surface area contributed by atoms with Crippen LogP contribution in [0.25, 0.3) is 61.2 Å². The highest BCUT2D eigenvalue weighted by atomic mass is 15.3. The molecule has 2 N–H and O–H groups in total. The first kappa shape index (κ1) is 35.1. The van der Waals surface area contributed by atoms with Crippen molar-refractivity contribution in [2.24, 2.45) is 4.99 Å². The molecule has 0 fully saturated rings. The second-order valence-electron chi connectivity index (χ2n) is 14.8. The number of nitrogens with zero attached hydrogens (tertiary/aromatic N) is 3. The van der Waals surface area contributed by atoms with Crippen LogP contribution in [0.4, 0.5) is 0 Å². The molecule has 0 saturated carbocycles. The number of rotatable bonds is 8. The van der Waals surface area contributed by atoms with Crippen molar-refractivity contribution in [1.82, 2.24) is 20.2 Å². The molecule has 0 radical (unpaired) electrons. The van der Waals surface area contributed by atoms with Gasteiger partial charge in [-0.15, -0.1) is 0 Å². The number of nitrogens with one attached hydrogen (secondary N) is 2. The van der Waals surface area contributed by atoms with E-state index in [2.05, 4.69) is 222 Å². The fourth-order valence-electron chi connectivity index (χ4n) is 8.02. The van der Waals surface area contributed by atoms with Gasteiger partial charge in [0.2, 0.25) is 0 Å². The molecule has 1 aromatic heterocycles. The molecule has 9 aromatic rings. The van der Waals surface area contributed by atoms with Crippen molar-refractivity contribution < 1.29 is 0 Å². The number of aryl methyl sites for hydroxylation is 1. The molecule has 1 aliphatic rings. The molecular formula is C53H41N5. The Balaban J connectivity index is 0.875. The van der Waals surface area contributed by atoms with Gasteiger partial charge in [0.15, 0.2) is 0 Å². The van der Waals surface area contributed by atoms with Gasteiger partial charge < -0.3 is 5.32 Å². The van der Waals surface area contributed by atoms with Gasteiger partial charge in [0.05, 0.1) is 11.0 Å². The Morgan fingerprint density at radius 2 is 0.914 bits per heavy atom. The Hall–Kier alpha value is -7.34. The minimum atomic E-state index is -0.220. The first-order chi connectivity index (χ1) is 28.6. The van der Waals surface area contributed by atoms with Crippen LogP contribution in [0.15, 0.2) is 211 Å². The van der Waals surface area contributed by atoms with E-state index in [-0.39, 0.29) is 12.3 Å². The van der Waals surface area contributed by atoms with Crippen molar-refractivity contribution >= 4 is 16.9 Å². The van der Waals surface area contributed by atoms with Crippen LogP contribution in [-0.4, -0.2) is 15.4 Å². The summed E-state index contributed by atoms with van der Waals surface area (Å²) in [5.74, 6) is 1.84. The molecule has 5 nitrogen and oxygen atoms in total. The summed E-state index contributed by atoms with van der Waals surface area (Å²) in [4.78, 5) is 10.0. The maximum atomic E-state index is 5.17. The predicted molar refractivity (Wildman–Crippen MR) is 239 cm³/mol. The Morgan fingerprint density at radius 1 is 0.431 bits per heavy atom. The van der Waals surface area contributed by atoms with E-state index in [4.69, 9.17) is 9.98 Å². The molecular weight excluding hydrogens is 707 g/mol. The second-order valence-corrected chi connectivity index (χ2v) is 14.8. The first-order valence-electron chi connectivity index (χ1n) is 19.8.